The minimum Gasteiger partial charge on any atom is -0.591 e. The molecule has 0 fully saturated rings. The smallest absolute Gasteiger partial charge is 0.300 e. The Hall–Kier alpha value is -0.980. The van der Waals surface area contributed by atoms with Gasteiger partial charge in [-0.2, -0.15) is 8.78 Å². The maximum Gasteiger partial charge on any atom is 0.300 e. The molecule has 22 heavy (non-hydrogen) atoms. The Morgan fingerprint density at radius 3 is 2.18 bits per heavy atom. The van der Waals surface area contributed by atoms with Crippen LogP contribution in [0.25, 0.3) is 0 Å². The van der Waals surface area contributed by atoms with Gasteiger partial charge in [-0.05, 0) is 47.6 Å². The van der Waals surface area contributed by atoms with E-state index >= 15 is 0 Å². The van der Waals surface area contributed by atoms with Crippen LogP contribution in [-0.2, 0) is 17.3 Å². The summed E-state index contributed by atoms with van der Waals surface area (Å²) in [4.78, 5) is 0. The Balaban J connectivity index is 3.20. The van der Waals surface area contributed by atoms with Crippen LogP contribution in [0.1, 0.15) is 52.7 Å². The molecule has 0 radical (unpaired) electrons. The molecule has 1 N–H and O–H groups in total. The average Bonchev–Trinajstić information content (AvgIpc) is 2.36. The molecule has 0 aliphatic rings. The molecule has 124 valence electrons. The van der Waals surface area contributed by atoms with Crippen molar-refractivity contribution in [3.05, 3.63) is 35.4 Å². The number of benzene rings is 1. The molecule has 0 amide bonds. The van der Waals surface area contributed by atoms with Crippen molar-refractivity contribution in [3.8, 4) is 0 Å². The predicted octanol–water partition coefficient (Wildman–Crippen LogP) is 3.82. The molecule has 1 rings (SSSR count). The van der Waals surface area contributed by atoms with Gasteiger partial charge in [0.05, 0.1) is 5.71 Å². The van der Waals surface area contributed by atoms with E-state index in [2.05, 4.69) is 4.40 Å². The third kappa shape index (κ3) is 4.27. The molecule has 0 spiro atoms. The molecular formula is C16H23F2NO2S. The number of hydrogen-bond acceptors (Lipinski definition) is 3. The zero-order chi connectivity index (χ0) is 17.3. The first kappa shape index (κ1) is 19.1. The molecule has 1 aromatic rings. The van der Waals surface area contributed by atoms with Gasteiger partial charge in [-0.3, -0.25) is 0 Å². The first-order chi connectivity index (χ1) is 9.76. The quantitative estimate of drug-likeness (QED) is 0.673. The standard InChI is InChI=1S/C16H23F2NO2S/c1-11(19-22(21)14(2,3)4)12-8-7-9-13(10-12)16(17,18)15(5,6)20/h7-10,20H,1-6H3/b19-11-. The van der Waals surface area contributed by atoms with E-state index in [1.165, 1.54) is 18.2 Å². The minimum absolute atomic E-state index is 0.298. The average molecular weight is 331 g/mol. The van der Waals surface area contributed by atoms with Crippen molar-refractivity contribution in [1.29, 1.82) is 0 Å². The number of hydrogen-bond donors (Lipinski definition) is 1. The molecule has 0 aliphatic heterocycles. The lowest BCUT2D eigenvalue weighted by Crippen LogP contribution is -2.40. The molecule has 3 nitrogen and oxygen atoms in total. The van der Waals surface area contributed by atoms with Gasteiger partial charge in [0, 0.05) is 11.1 Å². The second-order valence-electron chi connectivity index (χ2n) is 6.75. The van der Waals surface area contributed by atoms with Gasteiger partial charge in [-0.1, -0.05) is 22.6 Å². The molecule has 6 heteroatoms. The summed E-state index contributed by atoms with van der Waals surface area (Å²) in [7, 11) is 0. The van der Waals surface area contributed by atoms with E-state index in [9.17, 15) is 18.4 Å². The van der Waals surface area contributed by atoms with Crippen LogP contribution >= 0.6 is 0 Å². The van der Waals surface area contributed by atoms with Crippen LogP contribution in [0.15, 0.2) is 28.7 Å². The molecule has 1 atom stereocenters. The summed E-state index contributed by atoms with van der Waals surface area (Å²) in [6.45, 7) is 9.13. The van der Waals surface area contributed by atoms with Gasteiger partial charge in [0.25, 0.3) is 0 Å². The zero-order valence-electron chi connectivity index (χ0n) is 13.8. The minimum atomic E-state index is -3.40. The van der Waals surface area contributed by atoms with Gasteiger partial charge in [0.2, 0.25) is 0 Å². The summed E-state index contributed by atoms with van der Waals surface area (Å²) in [6.07, 6.45) is 0. The fraction of sp³-hybridized carbons (Fsp3) is 0.562. The molecule has 0 bridgehead atoms. The number of nitrogens with zero attached hydrogens (tertiary/aromatic N) is 1. The Kier molecular flexibility index (Phi) is 5.42. The Morgan fingerprint density at radius 1 is 1.18 bits per heavy atom. The second kappa shape index (κ2) is 6.26. The summed E-state index contributed by atoms with van der Waals surface area (Å²) >= 11 is -1.46. The van der Waals surface area contributed by atoms with Crippen LogP contribution in [0.3, 0.4) is 0 Å². The lowest BCUT2D eigenvalue weighted by Gasteiger charge is -2.29. The van der Waals surface area contributed by atoms with Crippen LogP contribution < -0.4 is 0 Å². The molecule has 0 aromatic heterocycles. The highest BCUT2D eigenvalue weighted by molar-refractivity contribution is 7.91. The summed E-state index contributed by atoms with van der Waals surface area (Å²) in [5, 5.41) is 9.65. The van der Waals surface area contributed by atoms with Crippen molar-refractivity contribution in [2.45, 2.75) is 57.8 Å². The van der Waals surface area contributed by atoms with E-state index in [1.54, 1.807) is 33.8 Å². The van der Waals surface area contributed by atoms with Gasteiger partial charge < -0.3 is 9.66 Å². The van der Waals surface area contributed by atoms with Gasteiger partial charge in [-0.25, -0.2) is 0 Å². The van der Waals surface area contributed by atoms with Crippen LogP contribution in [0, 0.1) is 0 Å². The molecule has 0 aliphatic carbocycles. The van der Waals surface area contributed by atoms with E-state index in [0.29, 0.717) is 11.3 Å². The normalized spacial score (nSPS) is 15.8. The first-order valence-corrected chi connectivity index (χ1v) is 8.06. The highest BCUT2D eigenvalue weighted by Gasteiger charge is 2.47. The third-order valence-electron chi connectivity index (χ3n) is 3.15. The largest absolute Gasteiger partial charge is 0.591 e. The highest BCUT2D eigenvalue weighted by atomic mass is 32.2. The van der Waals surface area contributed by atoms with E-state index in [4.69, 9.17) is 0 Å². The molecular weight excluding hydrogens is 308 g/mol. The number of rotatable bonds is 4. The summed E-state index contributed by atoms with van der Waals surface area (Å²) in [5.41, 5.74) is -1.60. The molecule has 0 heterocycles. The molecule has 1 aromatic carbocycles. The van der Waals surface area contributed by atoms with Crippen LogP contribution in [0.4, 0.5) is 8.78 Å². The Morgan fingerprint density at radius 2 is 1.73 bits per heavy atom. The fourth-order valence-corrected chi connectivity index (χ4v) is 2.23. The maximum absolute atomic E-state index is 14.2. The van der Waals surface area contributed by atoms with Crippen molar-refractivity contribution in [2.75, 3.05) is 0 Å². The molecule has 0 saturated heterocycles. The van der Waals surface area contributed by atoms with Crippen molar-refractivity contribution >= 4 is 17.1 Å². The lowest BCUT2D eigenvalue weighted by atomic mass is 9.92. The Bertz CT molecular complexity index is 560. The maximum atomic E-state index is 14.2. The third-order valence-corrected chi connectivity index (χ3v) is 4.64. The fourth-order valence-electron chi connectivity index (χ4n) is 1.61. The van der Waals surface area contributed by atoms with Gasteiger partial charge in [-0.15, -0.1) is 0 Å². The van der Waals surface area contributed by atoms with E-state index in [-0.39, 0.29) is 5.56 Å². The Labute approximate surface area is 133 Å². The van der Waals surface area contributed by atoms with Crippen LogP contribution in [0.5, 0.6) is 0 Å². The van der Waals surface area contributed by atoms with Crippen molar-refractivity contribution in [1.82, 2.24) is 0 Å². The number of aliphatic hydroxyl groups is 1. The van der Waals surface area contributed by atoms with Crippen molar-refractivity contribution < 1.29 is 18.4 Å². The predicted molar refractivity (Wildman–Crippen MR) is 86.7 cm³/mol. The van der Waals surface area contributed by atoms with Gasteiger partial charge >= 0.3 is 5.92 Å². The lowest BCUT2D eigenvalue weighted by molar-refractivity contribution is -0.168. The topological polar surface area (TPSA) is 55.7 Å². The SMILES string of the molecule is C/C(=N/[S+]([O-])C(C)(C)C)c1cccc(C(F)(F)C(C)(C)O)c1. The monoisotopic (exact) mass is 331 g/mol. The second-order valence-corrected chi connectivity index (χ2v) is 8.66. The number of alkyl halides is 2. The summed E-state index contributed by atoms with van der Waals surface area (Å²) in [6, 6.07) is 5.64. The van der Waals surface area contributed by atoms with Gasteiger partial charge in [0.1, 0.15) is 21.7 Å². The van der Waals surface area contributed by atoms with Crippen molar-refractivity contribution in [3.63, 3.8) is 0 Å². The van der Waals surface area contributed by atoms with Gasteiger partial charge in [0.15, 0.2) is 0 Å². The van der Waals surface area contributed by atoms with E-state index < -0.39 is 27.6 Å². The zero-order valence-corrected chi connectivity index (χ0v) is 14.6. The summed E-state index contributed by atoms with van der Waals surface area (Å²) in [5.74, 6) is -3.40. The highest BCUT2D eigenvalue weighted by Crippen LogP contribution is 2.38. The van der Waals surface area contributed by atoms with Crippen LogP contribution in [-0.4, -0.2) is 25.7 Å². The first-order valence-electron chi connectivity index (χ1n) is 6.95. The number of halogens is 2. The molecule has 0 saturated carbocycles. The molecule has 1 unspecified atom stereocenters. The van der Waals surface area contributed by atoms with Crippen molar-refractivity contribution in [2.24, 2.45) is 4.40 Å². The summed E-state index contributed by atoms with van der Waals surface area (Å²) < 4.78 is 44.0. The van der Waals surface area contributed by atoms with E-state index in [0.717, 1.165) is 13.8 Å². The van der Waals surface area contributed by atoms with E-state index in [1.807, 2.05) is 0 Å². The van der Waals surface area contributed by atoms with Crippen LogP contribution in [0.2, 0.25) is 0 Å².